The van der Waals surface area contributed by atoms with Crippen LogP contribution in [0.5, 0.6) is 5.75 Å². The van der Waals surface area contributed by atoms with Gasteiger partial charge in [0.05, 0.1) is 23.4 Å². The van der Waals surface area contributed by atoms with Crippen molar-refractivity contribution in [1.82, 2.24) is 5.32 Å². The van der Waals surface area contributed by atoms with Crippen LogP contribution in [0.1, 0.15) is 23.7 Å². The van der Waals surface area contributed by atoms with Crippen LogP contribution in [0.4, 0.5) is 5.69 Å². The maximum atomic E-state index is 11.9. The molecule has 0 aliphatic rings. The summed E-state index contributed by atoms with van der Waals surface area (Å²) in [7, 11) is 1.47. The third kappa shape index (κ3) is 3.78. The molecule has 1 unspecified atom stereocenters. The van der Waals surface area contributed by atoms with Gasteiger partial charge in [0.25, 0.3) is 5.91 Å². The zero-order valence-corrected chi connectivity index (χ0v) is 11.3. The Morgan fingerprint density at radius 2 is 2.22 bits per heavy atom. The number of carbonyl (C=O) groups excluding carboxylic acids is 1. The number of nitrogen functional groups attached to an aromatic ring is 1. The van der Waals surface area contributed by atoms with Crippen LogP contribution in [0, 0.1) is 0 Å². The van der Waals surface area contributed by atoms with Crippen molar-refractivity contribution in [2.45, 2.75) is 19.4 Å². The Balaban J connectivity index is 2.81. The largest absolute Gasteiger partial charge is 0.496 e. The minimum atomic E-state index is -0.255. The van der Waals surface area contributed by atoms with E-state index in [-0.39, 0.29) is 11.9 Å². The van der Waals surface area contributed by atoms with E-state index in [1.807, 2.05) is 6.92 Å². The van der Waals surface area contributed by atoms with Crippen molar-refractivity contribution in [1.29, 1.82) is 0 Å². The third-order valence-electron chi connectivity index (χ3n) is 2.45. The smallest absolute Gasteiger partial charge is 0.255 e. The number of rotatable bonds is 5. The SMILES string of the molecule is COc1cc(N)c(Cl)cc1C(=O)NCCC(C)N. The average molecular weight is 272 g/mol. The number of ether oxygens (including phenoxy) is 1. The predicted octanol–water partition coefficient (Wildman–Crippen LogP) is 1.40. The summed E-state index contributed by atoms with van der Waals surface area (Å²) in [6, 6.07) is 3.07. The van der Waals surface area contributed by atoms with Crippen molar-refractivity contribution >= 4 is 23.2 Å². The van der Waals surface area contributed by atoms with Crippen LogP contribution in [0.25, 0.3) is 0 Å². The number of hydrogen-bond donors (Lipinski definition) is 3. The molecular formula is C12H18ClN3O2. The van der Waals surface area contributed by atoms with Crippen molar-refractivity contribution in [2.75, 3.05) is 19.4 Å². The molecule has 100 valence electrons. The van der Waals surface area contributed by atoms with Crippen LogP contribution in [0.3, 0.4) is 0 Å². The van der Waals surface area contributed by atoms with Gasteiger partial charge in [0.2, 0.25) is 0 Å². The van der Waals surface area contributed by atoms with E-state index in [0.29, 0.717) is 35.0 Å². The lowest BCUT2D eigenvalue weighted by molar-refractivity contribution is 0.0950. The molecule has 1 aromatic carbocycles. The number of amides is 1. The normalized spacial score (nSPS) is 12.0. The van der Waals surface area contributed by atoms with E-state index < -0.39 is 0 Å². The van der Waals surface area contributed by atoms with Crippen LogP contribution >= 0.6 is 11.6 Å². The van der Waals surface area contributed by atoms with E-state index >= 15 is 0 Å². The summed E-state index contributed by atoms with van der Waals surface area (Å²) in [6.45, 7) is 2.38. The Hall–Kier alpha value is -1.46. The molecule has 18 heavy (non-hydrogen) atoms. The number of hydrogen-bond acceptors (Lipinski definition) is 4. The van der Waals surface area contributed by atoms with Crippen molar-refractivity contribution in [3.8, 4) is 5.75 Å². The van der Waals surface area contributed by atoms with Crippen LogP contribution in [-0.2, 0) is 0 Å². The summed E-state index contributed by atoms with van der Waals surface area (Å²) in [5, 5.41) is 3.08. The first-order valence-electron chi connectivity index (χ1n) is 5.62. The van der Waals surface area contributed by atoms with Gasteiger partial charge in [0.15, 0.2) is 0 Å². The topological polar surface area (TPSA) is 90.4 Å². The van der Waals surface area contributed by atoms with Crippen molar-refractivity contribution in [3.05, 3.63) is 22.7 Å². The molecule has 1 atom stereocenters. The van der Waals surface area contributed by atoms with E-state index in [1.54, 1.807) is 0 Å². The third-order valence-corrected chi connectivity index (χ3v) is 2.78. The second kappa shape index (κ2) is 6.47. The number of nitrogens with two attached hydrogens (primary N) is 2. The summed E-state index contributed by atoms with van der Waals surface area (Å²) in [4.78, 5) is 11.9. The molecule has 0 saturated carbocycles. The second-order valence-corrected chi connectivity index (χ2v) is 4.50. The van der Waals surface area contributed by atoms with Gasteiger partial charge in [0.1, 0.15) is 5.75 Å². The zero-order chi connectivity index (χ0) is 13.7. The van der Waals surface area contributed by atoms with Gasteiger partial charge in [0, 0.05) is 18.7 Å². The minimum absolute atomic E-state index is 0.0437. The standard InChI is InChI=1S/C12H18ClN3O2/c1-7(14)3-4-16-12(17)8-5-9(13)10(15)6-11(8)18-2/h5-7H,3-4,14-15H2,1-2H3,(H,16,17). The Kier molecular flexibility index (Phi) is 5.25. The Labute approximate surface area is 111 Å². The summed E-state index contributed by atoms with van der Waals surface area (Å²) in [5.74, 6) is 0.143. The quantitative estimate of drug-likeness (QED) is 0.706. The molecule has 0 fully saturated rings. The molecule has 0 saturated heterocycles. The lowest BCUT2D eigenvalue weighted by Crippen LogP contribution is -2.29. The maximum absolute atomic E-state index is 11.9. The zero-order valence-electron chi connectivity index (χ0n) is 10.5. The lowest BCUT2D eigenvalue weighted by Gasteiger charge is -2.12. The molecule has 5 N–H and O–H groups in total. The van der Waals surface area contributed by atoms with Gasteiger partial charge in [-0.2, -0.15) is 0 Å². The van der Waals surface area contributed by atoms with E-state index in [1.165, 1.54) is 19.2 Å². The van der Waals surface area contributed by atoms with E-state index in [0.717, 1.165) is 0 Å². The highest BCUT2D eigenvalue weighted by molar-refractivity contribution is 6.33. The summed E-state index contributed by atoms with van der Waals surface area (Å²) < 4.78 is 5.11. The van der Waals surface area contributed by atoms with Crippen LogP contribution in [0.15, 0.2) is 12.1 Å². The molecule has 0 spiro atoms. The first-order chi connectivity index (χ1) is 8.45. The van der Waals surface area contributed by atoms with Crippen LogP contribution < -0.4 is 21.5 Å². The monoisotopic (exact) mass is 271 g/mol. The highest BCUT2D eigenvalue weighted by Crippen LogP contribution is 2.28. The van der Waals surface area contributed by atoms with Gasteiger partial charge in [-0.3, -0.25) is 4.79 Å². The van der Waals surface area contributed by atoms with Gasteiger partial charge < -0.3 is 21.5 Å². The molecule has 0 radical (unpaired) electrons. The highest BCUT2D eigenvalue weighted by Gasteiger charge is 2.14. The van der Waals surface area contributed by atoms with Gasteiger partial charge in [-0.1, -0.05) is 11.6 Å². The van der Waals surface area contributed by atoms with Crippen LogP contribution in [-0.4, -0.2) is 25.6 Å². The minimum Gasteiger partial charge on any atom is -0.496 e. The molecule has 0 aliphatic heterocycles. The molecule has 1 amide bonds. The Morgan fingerprint density at radius 3 is 2.78 bits per heavy atom. The fraction of sp³-hybridized carbons (Fsp3) is 0.417. The number of carbonyl (C=O) groups is 1. The average Bonchev–Trinajstić information content (AvgIpc) is 2.31. The number of nitrogens with one attached hydrogen (secondary N) is 1. The van der Waals surface area contributed by atoms with Gasteiger partial charge in [-0.15, -0.1) is 0 Å². The first-order valence-corrected chi connectivity index (χ1v) is 6.00. The molecule has 0 aliphatic carbocycles. The number of methoxy groups -OCH3 is 1. The van der Waals surface area contributed by atoms with Gasteiger partial charge >= 0.3 is 0 Å². The first kappa shape index (κ1) is 14.6. The Bertz CT molecular complexity index is 436. The van der Waals surface area contributed by atoms with Gasteiger partial charge in [-0.25, -0.2) is 0 Å². The van der Waals surface area contributed by atoms with E-state index in [4.69, 9.17) is 27.8 Å². The predicted molar refractivity (Wildman–Crippen MR) is 73.0 cm³/mol. The summed E-state index contributed by atoms with van der Waals surface area (Å²) >= 11 is 5.89. The molecular weight excluding hydrogens is 254 g/mol. The van der Waals surface area contributed by atoms with Gasteiger partial charge in [-0.05, 0) is 19.4 Å². The molecule has 0 heterocycles. The molecule has 1 rings (SSSR count). The molecule has 1 aromatic rings. The van der Waals surface area contributed by atoms with Crippen molar-refractivity contribution in [2.24, 2.45) is 5.73 Å². The number of halogens is 1. The lowest BCUT2D eigenvalue weighted by atomic mass is 10.1. The van der Waals surface area contributed by atoms with Crippen LogP contribution in [0.2, 0.25) is 5.02 Å². The number of benzene rings is 1. The summed E-state index contributed by atoms with van der Waals surface area (Å²) in [5.41, 5.74) is 12.0. The molecule has 0 aromatic heterocycles. The maximum Gasteiger partial charge on any atom is 0.255 e. The van der Waals surface area contributed by atoms with E-state index in [9.17, 15) is 4.79 Å². The second-order valence-electron chi connectivity index (χ2n) is 4.10. The molecule has 0 bridgehead atoms. The highest BCUT2D eigenvalue weighted by atomic mass is 35.5. The summed E-state index contributed by atoms with van der Waals surface area (Å²) in [6.07, 6.45) is 0.705. The molecule has 6 heteroatoms. The number of anilines is 1. The fourth-order valence-electron chi connectivity index (χ4n) is 1.42. The van der Waals surface area contributed by atoms with E-state index in [2.05, 4.69) is 5.32 Å². The molecule has 5 nitrogen and oxygen atoms in total. The van der Waals surface area contributed by atoms with Crippen molar-refractivity contribution < 1.29 is 9.53 Å². The fourth-order valence-corrected chi connectivity index (χ4v) is 1.59. The van der Waals surface area contributed by atoms with Crippen molar-refractivity contribution in [3.63, 3.8) is 0 Å². The Morgan fingerprint density at radius 1 is 1.56 bits per heavy atom.